The fraction of sp³-hybridized carbons (Fsp3) is 0.391. The smallest absolute Gasteiger partial charge is 0.246 e. The van der Waals surface area contributed by atoms with Gasteiger partial charge in [0.1, 0.15) is 30.5 Å². The SMILES string of the molecule is COc1ccc2ncc(F)c(C(C)(O)C3(c4cc5c(cn4)OCCO5)OCCCO3)c2c1. The topological polar surface area (TPSA) is 92.2 Å². The number of ether oxygens (including phenoxy) is 5. The normalized spacial score (nSPS) is 19.4. The van der Waals surface area contributed by atoms with Crippen LogP contribution in [0.5, 0.6) is 17.2 Å². The van der Waals surface area contributed by atoms with E-state index >= 15 is 4.39 Å². The lowest BCUT2D eigenvalue weighted by molar-refractivity contribution is -0.356. The van der Waals surface area contributed by atoms with Gasteiger partial charge in [0.2, 0.25) is 5.79 Å². The molecule has 4 heterocycles. The Kier molecular flexibility index (Phi) is 5.11. The minimum Gasteiger partial charge on any atom is -0.497 e. The summed E-state index contributed by atoms with van der Waals surface area (Å²) >= 11 is 0. The molecule has 0 aliphatic carbocycles. The third kappa shape index (κ3) is 3.16. The molecule has 0 radical (unpaired) electrons. The van der Waals surface area contributed by atoms with Crippen LogP contribution in [0.15, 0.2) is 36.7 Å². The molecule has 1 saturated heterocycles. The van der Waals surface area contributed by atoms with Crippen LogP contribution in [0.2, 0.25) is 0 Å². The number of aliphatic hydroxyl groups is 1. The molecule has 5 rings (SSSR count). The zero-order chi connectivity index (χ0) is 22.3. The highest BCUT2D eigenvalue weighted by atomic mass is 19.1. The Hall–Kier alpha value is -3.01. The van der Waals surface area contributed by atoms with Gasteiger partial charge < -0.3 is 28.8 Å². The first-order valence-corrected chi connectivity index (χ1v) is 10.4. The van der Waals surface area contributed by atoms with Crippen molar-refractivity contribution in [2.75, 3.05) is 33.5 Å². The van der Waals surface area contributed by atoms with Crippen molar-refractivity contribution in [3.63, 3.8) is 0 Å². The second-order valence-electron chi connectivity index (χ2n) is 7.82. The van der Waals surface area contributed by atoms with Crippen LogP contribution in [0.4, 0.5) is 4.39 Å². The Balaban J connectivity index is 1.73. The van der Waals surface area contributed by atoms with E-state index in [2.05, 4.69) is 9.97 Å². The van der Waals surface area contributed by atoms with Crippen LogP contribution in [0, 0.1) is 5.82 Å². The first-order valence-electron chi connectivity index (χ1n) is 10.4. The first-order chi connectivity index (χ1) is 15.5. The zero-order valence-electron chi connectivity index (χ0n) is 17.8. The zero-order valence-corrected chi connectivity index (χ0v) is 17.8. The maximum absolute atomic E-state index is 15.3. The third-order valence-electron chi connectivity index (χ3n) is 5.82. The van der Waals surface area contributed by atoms with Gasteiger partial charge in [0, 0.05) is 17.0 Å². The van der Waals surface area contributed by atoms with Crippen LogP contribution in [0.3, 0.4) is 0 Å². The molecule has 0 bridgehead atoms. The predicted molar refractivity (Wildman–Crippen MR) is 111 cm³/mol. The van der Waals surface area contributed by atoms with E-state index in [9.17, 15) is 5.11 Å². The fourth-order valence-corrected chi connectivity index (χ4v) is 4.27. The van der Waals surface area contributed by atoms with Crippen LogP contribution >= 0.6 is 0 Å². The van der Waals surface area contributed by atoms with Gasteiger partial charge in [-0.05, 0) is 31.5 Å². The molecule has 0 spiro atoms. The highest BCUT2D eigenvalue weighted by Gasteiger charge is 2.57. The van der Waals surface area contributed by atoms with Crippen molar-refractivity contribution in [3.05, 3.63) is 53.7 Å². The van der Waals surface area contributed by atoms with Gasteiger partial charge in [-0.3, -0.25) is 9.97 Å². The number of nitrogens with zero attached hydrogens (tertiary/aromatic N) is 2. The summed E-state index contributed by atoms with van der Waals surface area (Å²) in [5, 5.41) is 12.4. The van der Waals surface area contributed by atoms with Crippen molar-refractivity contribution < 1.29 is 33.2 Å². The summed E-state index contributed by atoms with van der Waals surface area (Å²) in [6.07, 6.45) is 3.19. The first kappa shape index (κ1) is 20.9. The molecule has 1 fully saturated rings. The molecule has 2 aliphatic rings. The number of hydrogen-bond donors (Lipinski definition) is 1. The van der Waals surface area contributed by atoms with E-state index in [1.54, 1.807) is 24.3 Å². The molecule has 1 atom stereocenters. The third-order valence-corrected chi connectivity index (χ3v) is 5.82. The molecule has 2 aliphatic heterocycles. The van der Waals surface area contributed by atoms with E-state index < -0.39 is 17.2 Å². The van der Waals surface area contributed by atoms with E-state index in [1.165, 1.54) is 20.2 Å². The number of pyridine rings is 2. The number of benzene rings is 1. The number of halogens is 1. The summed E-state index contributed by atoms with van der Waals surface area (Å²) in [6.45, 7) is 2.83. The highest BCUT2D eigenvalue weighted by molar-refractivity contribution is 5.84. The lowest BCUT2D eigenvalue weighted by Gasteiger charge is -2.46. The number of rotatable bonds is 4. The summed E-state index contributed by atoms with van der Waals surface area (Å²) in [5.74, 6) is -1.06. The Morgan fingerprint density at radius 1 is 1.03 bits per heavy atom. The minimum absolute atomic E-state index is 0.0278. The second-order valence-corrected chi connectivity index (χ2v) is 7.82. The van der Waals surface area contributed by atoms with Crippen LogP contribution in [-0.4, -0.2) is 48.6 Å². The van der Waals surface area contributed by atoms with Crippen LogP contribution in [0.25, 0.3) is 10.9 Å². The molecule has 1 aromatic carbocycles. The molecule has 168 valence electrons. The molecule has 9 heteroatoms. The minimum atomic E-state index is -2.00. The Morgan fingerprint density at radius 3 is 2.53 bits per heavy atom. The second kappa shape index (κ2) is 7.84. The lowest BCUT2D eigenvalue weighted by Crippen LogP contribution is -2.54. The van der Waals surface area contributed by atoms with Crippen LogP contribution < -0.4 is 14.2 Å². The van der Waals surface area contributed by atoms with Gasteiger partial charge in [-0.1, -0.05) is 0 Å². The maximum atomic E-state index is 15.3. The summed E-state index contributed by atoms with van der Waals surface area (Å²) in [6, 6.07) is 6.65. The van der Waals surface area contributed by atoms with Gasteiger partial charge in [0.25, 0.3) is 0 Å². The van der Waals surface area contributed by atoms with Crippen molar-refractivity contribution in [2.24, 2.45) is 0 Å². The standard InChI is InChI=1S/C23H23FN2O6/c1-22(27,21-15-10-14(28-2)4-5-17(15)25-12-16(21)24)23(31-6-3-7-32-23)20-11-18-19(13-26-20)30-9-8-29-18/h4-5,10-13,27H,3,6-9H2,1-2H3. The Labute approximate surface area is 183 Å². The van der Waals surface area contributed by atoms with Crippen molar-refractivity contribution in [1.82, 2.24) is 9.97 Å². The number of aromatic nitrogens is 2. The molecule has 2 aromatic heterocycles. The number of fused-ring (bicyclic) bond motifs is 2. The van der Waals surface area contributed by atoms with Gasteiger partial charge in [0.05, 0.1) is 38.2 Å². The van der Waals surface area contributed by atoms with E-state index in [0.717, 1.165) is 6.20 Å². The van der Waals surface area contributed by atoms with Crippen molar-refractivity contribution in [3.8, 4) is 17.2 Å². The highest BCUT2D eigenvalue weighted by Crippen LogP contribution is 2.49. The van der Waals surface area contributed by atoms with E-state index in [0.29, 0.717) is 61.0 Å². The molecular formula is C23H23FN2O6. The lowest BCUT2D eigenvalue weighted by atomic mass is 9.82. The summed E-state index contributed by atoms with van der Waals surface area (Å²) in [4.78, 5) is 8.60. The van der Waals surface area contributed by atoms with Crippen molar-refractivity contribution in [1.29, 1.82) is 0 Å². The van der Waals surface area contributed by atoms with Crippen molar-refractivity contribution in [2.45, 2.75) is 24.7 Å². The van der Waals surface area contributed by atoms with Gasteiger partial charge in [0.15, 0.2) is 17.1 Å². The van der Waals surface area contributed by atoms with E-state index in [4.69, 9.17) is 23.7 Å². The number of hydrogen-bond acceptors (Lipinski definition) is 8. The summed E-state index contributed by atoms with van der Waals surface area (Å²) < 4.78 is 44.0. The molecule has 0 amide bonds. The molecule has 8 nitrogen and oxygen atoms in total. The van der Waals surface area contributed by atoms with E-state index in [1.807, 2.05) is 0 Å². The van der Waals surface area contributed by atoms with Gasteiger partial charge in [-0.15, -0.1) is 0 Å². The summed E-state index contributed by atoms with van der Waals surface area (Å²) in [5.41, 5.74) is -1.29. The predicted octanol–water partition coefficient (Wildman–Crippen LogP) is 3.05. The summed E-state index contributed by atoms with van der Waals surface area (Å²) in [7, 11) is 1.51. The molecule has 0 saturated carbocycles. The van der Waals surface area contributed by atoms with Gasteiger partial charge in [-0.25, -0.2) is 4.39 Å². The average Bonchev–Trinajstić information content (AvgIpc) is 2.83. The van der Waals surface area contributed by atoms with Gasteiger partial charge >= 0.3 is 0 Å². The molecule has 1 unspecified atom stereocenters. The Morgan fingerprint density at radius 2 is 1.78 bits per heavy atom. The quantitative estimate of drug-likeness (QED) is 0.659. The van der Waals surface area contributed by atoms with Crippen LogP contribution in [0.1, 0.15) is 24.6 Å². The van der Waals surface area contributed by atoms with Crippen LogP contribution in [-0.2, 0) is 20.9 Å². The molecule has 1 N–H and O–H groups in total. The average molecular weight is 442 g/mol. The largest absolute Gasteiger partial charge is 0.497 e. The van der Waals surface area contributed by atoms with Crippen molar-refractivity contribution >= 4 is 10.9 Å². The Bertz CT molecular complexity index is 1160. The van der Waals surface area contributed by atoms with Gasteiger partial charge in [-0.2, -0.15) is 0 Å². The monoisotopic (exact) mass is 442 g/mol. The van der Waals surface area contributed by atoms with E-state index in [-0.39, 0.29) is 11.3 Å². The fourth-order valence-electron chi connectivity index (χ4n) is 4.27. The molecule has 3 aromatic rings. The molecule has 32 heavy (non-hydrogen) atoms. The number of methoxy groups -OCH3 is 1. The molecular weight excluding hydrogens is 419 g/mol. The maximum Gasteiger partial charge on any atom is 0.246 e.